The van der Waals surface area contributed by atoms with Crippen molar-refractivity contribution in [3.63, 3.8) is 0 Å². The van der Waals surface area contributed by atoms with E-state index in [9.17, 15) is 5.11 Å². The van der Waals surface area contributed by atoms with E-state index in [0.29, 0.717) is 11.8 Å². The van der Waals surface area contributed by atoms with Crippen LogP contribution >= 0.6 is 0 Å². The Balaban J connectivity index is 2.25. The topological polar surface area (TPSA) is 20.2 Å². The molecule has 0 radical (unpaired) electrons. The summed E-state index contributed by atoms with van der Waals surface area (Å²) in [6.07, 6.45) is 13.5. The highest BCUT2D eigenvalue weighted by Crippen LogP contribution is 2.25. The zero-order valence-corrected chi connectivity index (χ0v) is 11.7. The summed E-state index contributed by atoms with van der Waals surface area (Å²) >= 11 is 0. The van der Waals surface area contributed by atoms with Gasteiger partial charge in [-0.15, -0.1) is 0 Å². The van der Waals surface area contributed by atoms with Crippen LogP contribution in [0.25, 0.3) is 0 Å². The number of hydrogen-bond acceptors (Lipinski definition) is 1. The summed E-state index contributed by atoms with van der Waals surface area (Å²) in [6, 6.07) is 0. The normalized spacial score (nSPS) is 23.2. The molecule has 98 valence electrons. The van der Waals surface area contributed by atoms with E-state index in [-0.39, 0.29) is 6.10 Å². The molecule has 1 nitrogen and oxygen atoms in total. The number of rotatable bonds is 6. The molecule has 3 atom stereocenters. The van der Waals surface area contributed by atoms with Crippen LogP contribution in [0.3, 0.4) is 0 Å². The lowest BCUT2D eigenvalue weighted by atomic mass is 9.85. The third-order valence-corrected chi connectivity index (χ3v) is 3.64. The molecule has 0 aromatic carbocycles. The minimum atomic E-state index is -0.131. The van der Waals surface area contributed by atoms with Gasteiger partial charge < -0.3 is 5.11 Å². The third kappa shape index (κ3) is 6.07. The average Bonchev–Trinajstić information content (AvgIpc) is 2.29. The monoisotopic (exact) mass is 236 g/mol. The quantitative estimate of drug-likeness (QED) is 0.674. The van der Waals surface area contributed by atoms with E-state index in [1.165, 1.54) is 31.3 Å². The highest BCUT2D eigenvalue weighted by atomic mass is 16.3. The molecular formula is C16H28O. The van der Waals surface area contributed by atoms with Gasteiger partial charge in [-0.1, -0.05) is 30.7 Å². The Kier molecular flexibility index (Phi) is 6.57. The van der Waals surface area contributed by atoms with Crippen LogP contribution in [0, 0.1) is 11.8 Å². The van der Waals surface area contributed by atoms with Gasteiger partial charge in [0, 0.05) is 5.92 Å². The van der Waals surface area contributed by atoms with Crippen molar-refractivity contribution in [1.29, 1.82) is 0 Å². The van der Waals surface area contributed by atoms with E-state index in [1.807, 2.05) is 0 Å². The molecule has 1 aliphatic rings. The molecule has 1 unspecified atom stereocenters. The van der Waals surface area contributed by atoms with Crippen molar-refractivity contribution in [2.45, 2.75) is 65.4 Å². The summed E-state index contributed by atoms with van der Waals surface area (Å²) in [5, 5.41) is 10.2. The second-order valence-corrected chi connectivity index (χ2v) is 5.79. The van der Waals surface area contributed by atoms with Crippen LogP contribution in [0.2, 0.25) is 0 Å². The fourth-order valence-electron chi connectivity index (χ4n) is 2.52. The van der Waals surface area contributed by atoms with Crippen LogP contribution in [0.1, 0.15) is 59.3 Å². The van der Waals surface area contributed by atoms with E-state index < -0.39 is 0 Å². The molecule has 0 bridgehead atoms. The smallest absolute Gasteiger partial charge is 0.0605 e. The van der Waals surface area contributed by atoms with Gasteiger partial charge in [-0.2, -0.15) is 0 Å². The molecule has 0 aromatic heterocycles. The fraction of sp³-hybridized carbons (Fsp3) is 0.750. The summed E-state index contributed by atoms with van der Waals surface area (Å²) in [5.41, 5.74) is 1.40. The summed E-state index contributed by atoms with van der Waals surface area (Å²) in [5.74, 6) is 1.03. The van der Waals surface area contributed by atoms with Crippen LogP contribution in [-0.2, 0) is 0 Å². The maximum absolute atomic E-state index is 10.2. The van der Waals surface area contributed by atoms with Gasteiger partial charge in [0.15, 0.2) is 0 Å². The number of hydrogen-bond donors (Lipinski definition) is 1. The summed E-state index contributed by atoms with van der Waals surface area (Å²) in [7, 11) is 0. The molecule has 1 heteroatoms. The van der Waals surface area contributed by atoms with Gasteiger partial charge in [0.1, 0.15) is 0 Å². The summed E-state index contributed by atoms with van der Waals surface area (Å²) in [4.78, 5) is 0. The van der Waals surface area contributed by atoms with Crippen molar-refractivity contribution < 1.29 is 5.11 Å². The van der Waals surface area contributed by atoms with E-state index in [2.05, 4.69) is 39.0 Å². The molecule has 1 N–H and O–H groups in total. The average molecular weight is 236 g/mol. The molecule has 1 aliphatic carbocycles. The van der Waals surface area contributed by atoms with Crippen LogP contribution in [0.15, 0.2) is 23.8 Å². The van der Waals surface area contributed by atoms with Crippen molar-refractivity contribution in [3.05, 3.63) is 23.8 Å². The molecule has 17 heavy (non-hydrogen) atoms. The molecular weight excluding hydrogens is 208 g/mol. The first-order valence-electron chi connectivity index (χ1n) is 7.07. The zero-order valence-electron chi connectivity index (χ0n) is 11.7. The molecule has 0 aromatic rings. The Labute approximate surface area is 107 Å². The van der Waals surface area contributed by atoms with Gasteiger partial charge in [0.25, 0.3) is 0 Å². The van der Waals surface area contributed by atoms with Crippen LogP contribution < -0.4 is 0 Å². The minimum Gasteiger partial charge on any atom is -0.393 e. The molecule has 0 amide bonds. The minimum absolute atomic E-state index is 0.131. The van der Waals surface area contributed by atoms with Gasteiger partial charge in [-0.05, 0) is 58.3 Å². The largest absolute Gasteiger partial charge is 0.393 e. The predicted molar refractivity (Wildman–Crippen MR) is 74.9 cm³/mol. The van der Waals surface area contributed by atoms with Crippen molar-refractivity contribution in [3.8, 4) is 0 Å². The molecule has 0 aliphatic heterocycles. The van der Waals surface area contributed by atoms with Crippen molar-refractivity contribution in [1.82, 2.24) is 0 Å². The van der Waals surface area contributed by atoms with Crippen molar-refractivity contribution in [2.75, 3.05) is 0 Å². The van der Waals surface area contributed by atoms with Crippen LogP contribution in [-0.4, -0.2) is 11.2 Å². The molecule has 0 fully saturated rings. The van der Waals surface area contributed by atoms with Crippen LogP contribution in [0.5, 0.6) is 0 Å². The van der Waals surface area contributed by atoms with Crippen LogP contribution in [0.4, 0.5) is 0 Å². The SMILES string of the molecule is CC(C)=CCCC(C)C[C@H](O)[C@H]1C=CCCC1. The lowest BCUT2D eigenvalue weighted by Gasteiger charge is -2.24. The lowest BCUT2D eigenvalue weighted by molar-refractivity contribution is 0.0962. The number of aliphatic hydroxyl groups excluding tert-OH is 1. The van der Waals surface area contributed by atoms with Crippen molar-refractivity contribution >= 4 is 0 Å². The molecule has 1 rings (SSSR count). The summed E-state index contributed by atoms with van der Waals surface area (Å²) in [6.45, 7) is 6.55. The highest BCUT2D eigenvalue weighted by Gasteiger charge is 2.19. The van der Waals surface area contributed by atoms with Gasteiger partial charge in [0.2, 0.25) is 0 Å². The van der Waals surface area contributed by atoms with E-state index in [1.54, 1.807) is 0 Å². The lowest BCUT2D eigenvalue weighted by Crippen LogP contribution is -2.22. The first-order valence-corrected chi connectivity index (χ1v) is 7.07. The van der Waals surface area contributed by atoms with Gasteiger partial charge in [0.05, 0.1) is 6.10 Å². The van der Waals surface area contributed by atoms with E-state index in [0.717, 1.165) is 12.8 Å². The zero-order chi connectivity index (χ0) is 12.7. The first-order chi connectivity index (χ1) is 8.09. The maximum atomic E-state index is 10.2. The first kappa shape index (κ1) is 14.5. The second kappa shape index (κ2) is 7.71. The van der Waals surface area contributed by atoms with Gasteiger partial charge >= 0.3 is 0 Å². The third-order valence-electron chi connectivity index (χ3n) is 3.64. The Morgan fingerprint density at radius 3 is 2.82 bits per heavy atom. The predicted octanol–water partition coefficient (Wildman–Crippen LogP) is 4.48. The number of allylic oxidation sites excluding steroid dienone is 3. The number of aliphatic hydroxyl groups is 1. The Morgan fingerprint density at radius 2 is 2.24 bits per heavy atom. The molecule has 0 spiro atoms. The second-order valence-electron chi connectivity index (χ2n) is 5.79. The van der Waals surface area contributed by atoms with Gasteiger partial charge in [-0.25, -0.2) is 0 Å². The Morgan fingerprint density at radius 1 is 1.47 bits per heavy atom. The van der Waals surface area contributed by atoms with E-state index >= 15 is 0 Å². The molecule has 0 saturated heterocycles. The maximum Gasteiger partial charge on any atom is 0.0605 e. The highest BCUT2D eigenvalue weighted by molar-refractivity contribution is 4.96. The molecule has 0 heterocycles. The van der Waals surface area contributed by atoms with E-state index in [4.69, 9.17) is 0 Å². The van der Waals surface area contributed by atoms with Gasteiger partial charge in [-0.3, -0.25) is 0 Å². The molecule has 0 saturated carbocycles. The Bertz CT molecular complexity index is 261. The van der Waals surface area contributed by atoms with Crippen molar-refractivity contribution in [2.24, 2.45) is 11.8 Å². The Hall–Kier alpha value is -0.560. The summed E-state index contributed by atoms with van der Waals surface area (Å²) < 4.78 is 0. The standard InChI is InChI=1S/C16H28O/c1-13(2)8-7-9-14(3)12-16(17)15-10-5-4-6-11-15/h5,8,10,14-17H,4,6-7,9,11-12H2,1-3H3/t14?,15-,16-/m0/s1. The fourth-order valence-corrected chi connectivity index (χ4v) is 2.52.